The number of nitrogens with one attached hydrogen (secondary N) is 1. The van der Waals surface area contributed by atoms with Crippen LogP contribution in [0.1, 0.15) is 53.6 Å². The number of piperidine rings is 1. The number of carbonyl (C=O) groups excluding carboxylic acids is 1. The number of rotatable bonds is 6. The van der Waals surface area contributed by atoms with Gasteiger partial charge in [-0.3, -0.25) is 4.79 Å². The Hall–Kier alpha value is -4.15. The summed E-state index contributed by atoms with van der Waals surface area (Å²) < 4.78 is 65.7. The van der Waals surface area contributed by atoms with Crippen LogP contribution in [-0.4, -0.2) is 28.9 Å². The summed E-state index contributed by atoms with van der Waals surface area (Å²) in [5.74, 6) is -2.25. The molecule has 0 unspecified atom stereocenters. The Balaban J connectivity index is 0.000000218. The molecule has 0 aliphatic carbocycles. The molecule has 2 aromatic heterocycles. The van der Waals surface area contributed by atoms with E-state index in [1.807, 2.05) is 24.3 Å². The van der Waals surface area contributed by atoms with Gasteiger partial charge < -0.3 is 20.4 Å². The fourth-order valence-corrected chi connectivity index (χ4v) is 4.93. The number of nitrogen functional groups attached to an aromatic ring is 1. The van der Waals surface area contributed by atoms with Crippen LogP contribution in [0.3, 0.4) is 0 Å². The standard InChI is InChI=1S/C21H24F2N2O.C9H8F3N3/c1-21(22,23)19-6-4-17(5-7-19)18-10-12-25(13-11-18)20-8-2-16(3-9-20)14-24-15-26;1-5-7(13)14-8-6(9(10,11)12)3-2-4-15(5)8/h2-9,15,18H,10-14H2,1H3,(H,24,26);2-4H,13H2,1H3. The summed E-state index contributed by atoms with van der Waals surface area (Å²) in [5, 5.41) is 2.66. The fourth-order valence-electron chi connectivity index (χ4n) is 4.93. The molecule has 1 aliphatic rings. The molecule has 11 heteroatoms. The van der Waals surface area contributed by atoms with Crippen molar-refractivity contribution in [2.24, 2.45) is 0 Å². The number of nitrogens with two attached hydrogens (primary N) is 1. The number of pyridine rings is 1. The van der Waals surface area contributed by atoms with E-state index in [-0.39, 0.29) is 17.0 Å². The number of amides is 1. The summed E-state index contributed by atoms with van der Waals surface area (Å²) in [5.41, 5.74) is 8.52. The molecule has 2 aromatic carbocycles. The number of aromatic nitrogens is 2. The number of hydrogen-bond donors (Lipinski definition) is 2. The normalized spacial score (nSPS) is 14.5. The number of aryl methyl sites for hydroxylation is 1. The Morgan fingerprint density at radius 2 is 1.63 bits per heavy atom. The van der Waals surface area contributed by atoms with Crippen LogP contribution < -0.4 is 16.0 Å². The molecule has 0 atom stereocenters. The van der Waals surface area contributed by atoms with Crippen LogP contribution in [-0.2, 0) is 23.4 Å². The molecule has 218 valence electrons. The van der Waals surface area contributed by atoms with Gasteiger partial charge in [-0.1, -0.05) is 36.4 Å². The number of carbonyl (C=O) groups is 1. The second kappa shape index (κ2) is 12.2. The van der Waals surface area contributed by atoms with Crippen LogP contribution >= 0.6 is 0 Å². The van der Waals surface area contributed by atoms with E-state index in [0.717, 1.165) is 50.0 Å². The first-order valence-corrected chi connectivity index (χ1v) is 13.2. The third-order valence-corrected chi connectivity index (χ3v) is 7.31. The van der Waals surface area contributed by atoms with E-state index in [1.165, 1.54) is 22.4 Å². The van der Waals surface area contributed by atoms with Crippen molar-refractivity contribution in [1.82, 2.24) is 14.7 Å². The van der Waals surface area contributed by atoms with Crippen molar-refractivity contribution in [3.8, 4) is 0 Å². The van der Waals surface area contributed by atoms with Crippen molar-refractivity contribution in [3.63, 3.8) is 0 Å². The van der Waals surface area contributed by atoms with Crippen LogP contribution in [0.5, 0.6) is 0 Å². The maximum Gasteiger partial charge on any atom is 0.419 e. The minimum atomic E-state index is -4.41. The smallest absolute Gasteiger partial charge is 0.382 e. The first-order valence-electron chi connectivity index (χ1n) is 13.2. The second-order valence-corrected chi connectivity index (χ2v) is 10.1. The van der Waals surface area contributed by atoms with Gasteiger partial charge >= 0.3 is 6.18 Å². The number of fused-ring (bicyclic) bond motifs is 1. The first kappa shape index (κ1) is 29.8. The lowest BCUT2D eigenvalue weighted by Gasteiger charge is -2.34. The van der Waals surface area contributed by atoms with Crippen molar-refractivity contribution in [2.75, 3.05) is 23.7 Å². The van der Waals surface area contributed by atoms with E-state index in [4.69, 9.17) is 5.73 Å². The molecule has 4 aromatic rings. The number of halogens is 5. The molecule has 6 nitrogen and oxygen atoms in total. The van der Waals surface area contributed by atoms with E-state index < -0.39 is 17.7 Å². The van der Waals surface area contributed by atoms with Crippen LogP contribution in [0, 0.1) is 6.92 Å². The molecule has 1 saturated heterocycles. The SMILES string of the molecule is CC(F)(F)c1ccc(C2CCN(c3ccc(CNC=O)cc3)CC2)cc1.Cc1c(N)nc2c(C(F)(F)F)cccn12. The van der Waals surface area contributed by atoms with E-state index in [9.17, 15) is 26.7 Å². The summed E-state index contributed by atoms with van der Waals surface area (Å²) in [7, 11) is 0. The van der Waals surface area contributed by atoms with E-state index >= 15 is 0 Å². The van der Waals surface area contributed by atoms with Crippen molar-refractivity contribution in [3.05, 3.63) is 94.8 Å². The monoisotopic (exact) mass is 573 g/mol. The predicted molar refractivity (Wildman–Crippen MR) is 149 cm³/mol. The Morgan fingerprint density at radius 1 is 1.00 bits per heavy atom. The van der Waals surface area contributed by atoms with Crippen LogP contribution in [0.25, 0.3) is 5.65 Å². The van der Waals surface area contributed by atoms with Gasteiger partial charge in [0, 0.05) is 44.0 Å². The molecule has 5 rings (SSSR count). The minimum absolute atomic E-state index is 0.0721. The summed E-state index contributed by atoms with van der Waals surface area (Å²) in [4.78, 5) is 16.4. The maximum atomic E-state index is 13.3. The average Bonchev–Trinajstić information content (AvgIpc) is 3.24. The van der Waals surface area contributed by atoms with Gasteiger partial charge in [-0.15, -0.1) is 0 Å². The second-order valence-electron chi connectivity index (χ2n) is 10.1. The number of imidazole rings is 1. The largest absolute Gasteiger partial charge is 0.419 e. The lowest BCUT2D eigenvalue weighted by Crippen LogP contribution is -2.32. The highest BCUT2D eigenvalue weighted by Gasteiger charge is 2.34. The van der Waals surface area contributed by atoms with Crippen LogP contribution in [0.2, 0.25) is 0 Å². The third kappa shape index (κ3) is 7.14. The zero-order valence-electron chi connectivity index (χ0n) is 22.8. The minimum Gasteiger partial charge on any atom is -0.382 e. The first-order chi connectivity index (χ1) is 19.4. The molecule has 3 N–H and O–H groups in total. The molecule has 1 amide bonds. The van der Waals surface area contributed by atoms with Crippen molar-refractivity contribution in [2.45, 2.75) is 51.3 Å². The van der Waals surface area contributed by atoms with E-state index in [2.05, 4.69) is 27.3 Å². The molecule has 0 saturated carbocycles. The van der Waals surface area contributed by atoms with Gasteiger partial charge in [-0.2, -0.15) is 13.2 Å². The highest BCUT2D eigenvalue weighted by Crippen LogP contribution is 2.34. The molecular formula is C30H32F5N5O. The summed E-state index contributed by atoms with van der Waals surface area (Å²) in [6.45, 7) is 4.99. The summed E-state index contributed by atoms with van der Waals surface area (Å²) in [6, 6.07) is 17.3. The summed E-state index contributed by atoms with van der Waals surface area (Å²) in [6.07, 6.45) is -0.185. The Morgan fingerprint density at radius 3 is 2.20 bits per heavy atom. The van der Waals surface area contributed by atoms with Crippen molar-refractivity contribution >= 4 is 23.6 Å². The highest BCUT2D eigenvalue weighted by atomic mass is 19.4. The van der Waals surface area contributed by atoms with Crippen LogP contribution in [0.4, 0.5) is 33.5 Å². The predicted octanol–water partition coefficient (Wildman–Crippen LogP) is 6.67. The fraction of sp³-hybridized carbons (Fsp3) is 0.333. The third-order valence-electron chi connectivity index (χ3n) is 7.31. The van der Waals surface area contributed by atoms with Gasteiger partial charge in [0.15, 0.2) is 5.65 Å². The van der Waals surface area contributed by atoms with E-state index in [0.29, 0.717) is 24.6 Å². The molecule has 41 heavy (non-hydrogen) atoms. The quantitative estimate of drug-likeness (QED) is 0.200. The van der Waals surface area contributed by atoms with E-state index in [1.54, 1.807) is 19.1 Å². The highest BCUT2D eigenvalue weighted by molar-refractivity contribution is 5.57. The number of hydrogen-bond acceptors (Lipinski definition) is 4. The molecule has 1 fully saturated rings. The lowest BCUT2D eigenvalue weighted by molar-refractivity contribution is -0.136. The zero-order valence-corrected chi connectivity index (χ0v) is 22.8. The lowest BCUT2D eigenvalue weighted by atomic mass is 9.88. The number of anilines is 2. The number of benzene rings is 2. The maximum absolute atomic E-state index is 13.3. The van der Waals surface area contributed by atoms with Gasteiger partial charge in [0.1, 0.15) is 5.82 Å². The van der Waals surface area contributed by atoms with Gasteiger partial charge in [0.05, 0.1) is 11.3 Å². The van der Waals surface area contributed by atoms with Gasteiger partial charge in [0.2, 0.25) is 6.41 Å². The topological polar surface area (TPSA) is 75.7 Å². The Labute approximate surface area is 235 Å². The Bertz CT molecular complexity index is 1450. The zero-order chi connectivity index (χ0) is 29.8. The van der Waals surface area contributed by atoms with Gasteiger partial charge in [-0.05, 0) is 61.1 Å². The van der Waals surface area contributed by atoms with Crippen molar-refractivity contribution in [1.29, 1.82) is 0 Å². The van der Waals surface area contributed by atoms with Gasteiger partial charge in [0.25, 0.3) is 5.92 Å². The molecule has 1 aliphatic heterocycles. The average molecular weight is 574 g/mol. The molecule has 3 heterocycles. The summed E-state index contributed by atoms with van der Waals surface area (Å²) >= 11 is 0. The Kier molecular flexibility index (Phi) is 8.84. The molecule has 0 spiro atoms. The molecule has 0 bridgehead atoms. The molecular weight excluding hydrogens is 541 g/mol. The van der Waals surface area contributed by atoms with Gasteiger partial charge in [-0.25, -0.2) is 13.8 Å². The molecule has 0 radical (unpaired) electrons. The van der Waals surface area contributed by atoms with Crippen LogP contribution in [0.15, 0.2) is 66.9 Å². The van der Waals surface area contributed by atoms with Crippen molar-refractivity contribution < 1.29 is 26.7 Å². The number of nitrogens with zero attached hydrogens (tertiary/aromatic N) is 3. The number of alkyl halides is 5.